The molecule has 1 amide bonds. The Morgan fingerprint density at radius 3 is 2.62 bits per heavy atom. The molecule has 0 bridgehead atoms. The van der Waals surface area contributed by atoms with E-state index in [4.69, 9.17) is 11.6 Å². The highest BCUT2D eigenvalue weighted by molar-refractivity contribution is 6.30. The number of carbonyl (C=O) groups excluding carboxylic acids is 1. The molecule has 21 heavy (non-hydrogen) atoms. The van der Waals surface area contributed by atoms with E-state index in [9.17, 15) is 9.18 Å². The van der Waals surface area contributed by atoms with Gasteiger partial charge in [0.25, 0.3) is 5.91 Å². The third-order valence-electron chi connectivity index (χ3n) is 2.97. The van der Waals surface area contributed by atoms with Gasteiger partial charge in [0.1, 0.15) is 17.3 Å². The van der Waals surface area contributed by atoms with Crippen LogP contribution in [0.25, 0.3) is 6.08 Å². The van der Waals surface area contributed by atoms with E-state index in [1.165, 1.54) is 12.1 Å². The Bertz CT molecular complexity index is 766. The zero-order valence-corrected chi connectivity index (χ0v) is 11.6. The minimum absolute atomic E-state index is 0.289. The van der Waals surface area contributed by atoms with Crippen LogP contribution in [0.2, 0.25) is 5.02 Å². The van der Waals surface area contributed by atoms with Gasteiger partial charge in [-0.25, -0.2) is 9.38 Å². The van der Waals surface area contributed by atoms with Gasteiger partial charge in [0.15, 0.2) is 0 Å². The zero-order chi connectivity index (χ0) is 14.8. The summed E-state index contributed by atoms with van der Waals surface area (Å²) in [6.45, 7) is 0. The zero-order valence-electron chi connectivity index (χ0n) is 10.8. The first-order valence-corrected chi connectivity index (χ1v) is 6.63. The van der Waals surface area contributed by atoms with E-state index in [0.717, 1.165) is 5.56 Å². The maximum Gasteiger partial charge on any atom is 0.275 e. The van der Waals surface area contributed by atoms with Crippen molar-refractivity contribution in [3.8, 4) is 0 Å². The molecule has 104 valence electrons. The maximum atomic E-state index is 12.9. The number of benzene rings is 2. The third-order valence-corrected chi connectivity index (χ3v) is 3.20. The molecule has 1 aliphatic rings. The average molecular weight is 301 g/mol. The first-order valence-electron chi connectivity index (χ1n) is 6.25. The summed E-state index contributed by atoms with van der Waals surface area (Å²) < 4.78 is 12.9. The van der Waals surface area contributed by atoms with Crippen molar-refractivity contribution in [3.05, 3.63) is 76.2 Å². The first kappa shape index (κ1) is 13.5. The van der Waals surface area contributed by atoms with Crippen LogP contribution in [0.3, 0.4) is 0 Å². The van der Waals surface area contributed by atoms with Crippen molar-refractivity contribution in [3.63, 3.8) is 0 Å². The fourth-order valence-electron chi connectivity index (χ4n) is 1.97. The lowest BCUT2D eigenvalue weighted by atomic mass is 10.2. The van der Waals surface area contributed by atoms with Gasteiger partial charge in [-0.2, -0.15) is 0 Å². The van der Waals surface area contributed by atoms with Crippen LogP contribution in [0, 0.1) is 5.82 Å². The Kier molecular flexibility index (Phi) is 3.54. The summed E-state index contributed by atoms with van der Waals surface area (Å²) in [5.74, 6) is -0.221. The highest BCUT2D eigenvalue weighted by Crippen LogP contribution is 2.17. The molecule has 0 unspecified atom stereocenters. The highest BCUT2D eigenvalue weighted by Gasteiger charge is 2.20. The molecule has 5 heteroatoms. The summed E-state index contributed by atoms with van der Waals surface area (Å²) in [5.41, 5.74) is 1.73. The molecule has 2 aromatic carbocycles. The van der Waals surface area contributed by atoms with Crippen molar-refractivity contribution >= 4 is 29.4 Å². The van der Waals surface area contributed by atoms with Gasteiger partial charge in [-0.05, 0) is 48.0 Å². The van der Waals surface area contributed by atoms with Crippen LogP contribution in [-0.2, 0) is 4.79 Å². The first-order chi connectivity index (χ1) is 10.1. The molecule has 0 spiro atoms. The van der Waals surface area contributed by atoms with Crippen LogP contribution in [-0.4, -0.2) is 11.7 Å². The summed E-state index contributed by atoms with van der Waals surface area (Å²) in [6.07, 6.45) is 1.65. The lowest BCUT2D eigenvalue weighted by molar-refractivity contribution is -0.115. The van der Waals surface area contributed by atoms with Crippen LogP contribution in [0.15, 0.2) is 59.2 Å². The van der Waals surface area contributed by atoms with Gasteiger partial charge in [0, 0.05) is 10.6 Å². The lowest BCUT2D eigenvalue weighted by Crippen LogP contribution is -2.24. The fraction of sp³-hybridized carbons (Fsp3) is 0. The SMILES string of the molecule is O=C1NC(c2ccc(F)cc2)=N/C1=C/c1cccc(Cl)c1. The van der Waals surface area contributed by atoms with Crippen molar-refractivity contribution in [2.24, 2.45) is 4.99 Å². The monoisotopic (exact) mass is 300 g/mol. The molecule has 0 saturated carbocycles. The molecule has 0 fully saturated rings. The van der Waals surface area contributed by atoms with Crippen LogP contribution < -0.4 is 5.32 Å². The minimum atomic E-state index is -0.335. The van der Waals surface area contributed by atoms with E-state index in [-0.39, 0.29) is 17.4 Å². The molecule has 0 radical (unpaired) electrons. The predicted molar refractivity (Wildman–Crippen MR) is 80.5 cm³/mol. The van der Waals surface area contributed by atoms with Gasteiger partial charge in [-0.3, -0.25) is 4.79 Å². The molecule has 1 N–H and O–H groups in total. The predicted octanol–water partition coefficient (Wildman–Crippen LogP) is 3.40. The molecule has 2 aromatic rings. The number of nitrogens with zero attached hydrogens (tertiary/aromatic N) is 1. The molecule has 0 atom stereocenters. The lowest BCUT2D eigenvalue weighted by Gasteiger charge is -1.99. The van der Waals surface area contributed by atoms with Crippen LogP contribution in [0.4, 0.5) is 4.39 Å². The van der Waals surface area contributed by atoms with Crippen molar-refractivity contribution in [1.82, 2.24) is 5.32 Å². The number of amides is 1. The number of aliphatic imine (C=N–C) groups is 1. The third kappa shape index (κ3) is 3.01. The molecular weight excluding hydrogens is 291 g/mol. The van der Waals surface area contributed by atoms with E-state index in [1.807, 2.05) is 6.07 Å². The Balaban J connectivity index is 1.93. The molecule has 1 aliphatic heterocycles. The molecule has 3 rings (SSSR count). The van der Waals surface area contributed by atoms with Crippen LogP contribution >= 0.6 is 11.6 Å². The van der Waals surface area contributed by atoms with E-state index in [2.05, 4.69) is 10.3 Å². The number of nitrogens with one attached hydrogen (secondary N) is 1. The van der Waals surface area contributed by atoms with E-state index in [0.29, 0.717) is 16.4 Å². The number of amidine groups is 1. The van der Waals surface area contributed by atoms with Gasteiger partial charge in [-0.15, -0.1) is 0 Å². The number of hydrogen-bond donors (Lipinski definition) is 1. The summed E-state index contributed by atoms with van der Waals surface area (Å²) in [6, 6.07) is 12.9. The number of carbonyl (C=O) groups is 1. The quantitative estimate of drug-likeness (QED) is 0.849. The van der Waals surface area contributed by atoms with Gasteiger partial charge in [-0.1, -0.05) is 23.7 Å². The van der Waals surface area contributed by atoms with E-state index >= 15 is 0 Å². The molecule has 0 aliphatic carbocycles. The topological polar surface area (TPSA) is 41.5 Å². The van der Waals surface area contributed by atoms with Crippen LogP contribution in [0.5, 0.6) is 0 Å². The van der Waals surface area contributed by atoms with Gasteiger partial charge < -0.3 is 5.32 Å². The second-order valence-corrected chi connectivity index (χ2v) is 4.94. The number of rotatable bonds is 2. The summed E-state index contributed by atoms with van der Waals surface area (Å²) in [4.78, 5) is 16.2. The van der Waals surface area contributed by atoms with Gasteiger partial charge >= 0.3 is 0 Å². The molecule has 0 saturated heterocycles. The smallest absolute Gasteiger partial charge is 0.275 e. The van der Waals surface area contributed by atoms with E-state index in [1.54, 1.807) is 36.4 Å². The second-order valence-electron chi connectivity index (χ2n) is 4.51. The van der Waals surface area contributed by atoms with Crippen molar-refractivity contribution in [2.45, 2.75) is 0 Å². The normalized spacial score (nSPS) is 16.0. The molecule has 0 aromatic heterocycles. The standard InChI is InChI=1S/C16H10ClFN2O/c17-12-3-1-2-10(8-12)9-14-16(21)20-15(19-14)11-4-6-13(18)7-5-11/h1-9H,(H,19,20,21)/b14-9+. The Morgan fingerprint density at radius 1 is 1.14 bits per heavy atom. The fourth-order valence-corrected chi connectivity index (χ4v) is 2.17. The summed E-state index contributed by atoms with van der Waals surface area (Å²) in [7, 11) is 0. The molecular formula is C16H10ClFN2O. The van der Waals surface area contributed by atoms with E-state index < -0.39 is 0 Å². The second kappa shape index (κ2) is 5.50. The van der Waals surface area contributed by atoms with Crippen molar-refractivity contribution < 1.29 is 9.18 Å². The van der Waals surface area contributed by atoms with Crippen LogP contribution in [0.1, 0.15) is 11.1 Å². The average Bonchev–Trinajstić information content (AvgIpc) is 2.81. The molecule has 1 heterocycles. The maximum absolute atomic E-state index is 12.9. The van der Waals surface area contributed by atoms with Crippen molar-refractivity contribution in [2.75, 3.05) is 0 Å². The minimum Gasteiger partial charge on any atom is -0.305 e. The highest BCUT2D eigenvalue weighted by atomic mass is 35.5. The number of hydrogen-bond acceptors (Lipinski definition) is 2. The van der Waals surface area contributed by atoms with Crippen molar-refractivity contribution in [1.29, 1.82) is 0 Å². The summed E-state index contributed by atoms with van der Waals surface area (Å²) >= 11 is 5.90. The Labute approximate surface area is 125 Å². The summed E-state index contributed by atoms with van der Waals surface area (Å²) in [5, 5.41) is 3.25. The Morgan fingerprint density at radius 2 is 1.90 bits per heavy atom. The largest absolute Gasteiger partial charge is 0.305 e. The van der Waals surface area contributed by atoms with Gasteiger partial charge in [0.05, 0.1) is 0 Å². The molecule has 3 nitrogen and oxygen atoms in total. The number of halogens is 2. The van der Waals surface area contributed by atoms with Gasteiger partial charge in [0.2, 0.25) is 0 Å². The Hall–Kier alpha value is -2.46.